The van der Waals surface area contributed by atoms with Crippen molar-refractivity contribution in [2.75, 3.05) is 5.32 Å². The zero-order valence-corrected chi connectivity index (χ0v) is 11.8. The quantitative estimate of drug-likeness (QED) is 0.666. The summed E-state index contributed by atoms with van der Waals surface area (Å²) in [5.41, 5.74) is 7.20. The molecule has 0 amide bonds. The zero-order chi connectivity index (χ0) is 14.0. The fourth-order valence-electron chi connectivity index (χ4n) is 1.41. The highest BCUT2D eigenvalue weighted by Crippen LogP contribution is 2.28. The number of hydrogen-bond donors (Lipinski definition) is 2. The number of nitrogens with one attached hydrogen (secondary N) is 1. The zero-order valence-electron chi connectivity index (χ0n) is 9.45. The Hall–Kier alpha value is -1.43. The molecule has 0 spiro atoms. The first-order valence-corrected chi connectivity index (χ1v) is 6.31. The summed E-state index contributed by atoms with van der Waals surface area (Å²) in [6.07, 6.45) is 1.56. The van der Waals surface area contributed by atoms with Crippen molar-refractivity contribution in [1.82, 2.24) is 4.98 Å². The number of aromatic nitrogens is 1. The normalized spacial score (nSPS) is 10.3. The third kappa shape index (κ3) is 3.32. The number of pyridine rings is 1. The van der Waals surface area contributed by atoms with Crippen molar-refractivity contribution >= 4 is 51.8 Å². The highest BCUT2D eigenvalue weighted by molar-refractivity contribution is 7.80. The van der Waals surface area contributed by atoms with Crippen LogP contribution in [0.3, 0.4) is 0 Å². The van der Waals surface area contributed by atoms with Gasteiger partial charge in [0.25, 0.3) is 0 Å². The molecule has 0 saturated heterocycles. The monoisotopic (exact) mass is 315 g/mol. The van der Waals surface area contributed by atoms with Crippen LogP contribution in [-0.4, -0.2) is 9.97 Å². The molecule has 0 bridgehead atoms. The van der Waals surface area contributed by atoms with Gasteiger partial charge in [0.2, 0.25) is 0 Å². The Labute approximate surface area is 124 Å². The summed E-state index contributed by atoms with van der Waals surface area (Å²) in [7, 11) is 0. The maximum absolute atomic E-state index is 13.3. The van der Waals surface area contributed by atoms with E-state index in [1.807, 2.05) is 0 Å². The summed E-state index contributed by atoms with van der Waals surface area (Å²) in [6.45, 7) is 0. The molecule has 2 aromatic rings. The van der Waals surface area contributed by atoms with Gasteiger partial charge in [0, 0.05) is 5.69 Å². The van der Waals surface area contributed by atoms with Crippen molar-refractivity contribution in [2.45, 2.75) is 0 Å². The first-order valence-electron chi connectivity index (χ1n) is 5.15. The van der Waals surface area contributed by atoms with Gasteiger partial charge >= 0.3 is 0 Å². The average Bonchev–Trinajstić information content (AvgIpc) is 2.36. The van der Waals surface area contributed by atoms with Gasteiger partial charge in [-0.1, -0.05) is 35.4 Å². The van der Waals surface area contributed by atoms with Gasteiger partial charge in [-0.3, -0.25) is 4.98 Å². The maximum atomic E-state index is 13.3. The van der Waals surface area contributed by atoms with Crippen LogP contribution < -0.4 is 11.1 Å². The van der Waals surface area contributed by atoms with E-state index in [1.165, 1.54) is 12.1 Å². The van der Waals surface area contributed by atoms with Gasteiger partial charge in [-0.2, -0.15) is 0 Å². The van der Waals surface area contributed by atoms with Crippen molar-refractivity contribution in [3.63, 3.8) is 0 Å². The number of nitrogens with two attached hydrogens (primary N) is 1. The molecule has 1 heterocycles. The SMILES string of the molecule is NC(=S)c1ccc(Nc2cc(Cl)c(F)c(Cl)c2)cn1. The molecule has 0 aliphatic heterocycles. The van der Waals surface area contributed by atoms with Crippen LogP contribution in [0.5, 0.6) is 0 Å². The van der Waals surface area contributed by atoms with Crippen molar-refractivity contribution in [2.24, 2.45) is 5.73 Å². The van der Waals surface area contributed by atoms with Crippen LogP contribution >= 0.6 is 35.4 Å². The molecular formula is C12H8Cl2FN3S. The number of anilines is 2. The summed E-state index contributed by atoms with van der Waals surface area (Å²) in [5, 5.41) is 2.89. The van der Waals surface area contributed by atoms with Gasteiger partial charge in [0.1, 0.15) is 4.99 Å². The van der Waals surface area contributed by atoms with Crippen molar-refractivity contribution in [3.05, 3.63) is 52.0 Å². The molecule has 0 atom stereocenters. The predicted octanol–water partition coefficient (Wildman–Crippen LogP) is 3.91. The largest absolute Gasteiger partial charge is 0.388 e. The molecule has 0 radical (unpaired) electrons. The van der Waals surface area contributed by atoms with Gasteiger partial charge in [-0.05, 0) is 24.3 Å². The van der Waals surface area contributed by atoms with Crippen LogP contribution in [0.1, 0.15) is 5.69 Å². The lowest BCUT2D eigenvalue weighted by atomic mass is 10.3. The van der Waals surface area contributed by atoms with Crippen molar-refractivity contribution in [1.29, 1.82) is 0 Å². The molecule has 0 unspecified atom stereocenters. The van der Waals surface area contributed by atoms with E-state index in [2.05, 4.69) is 10.3 Å². The lowest BCUT2D eigenvalue weighted by Gasteiger charge is -2.08. The molecule has 0 fully saturated rings. The second-order valence-corrected chi connectivity index (χ2v) is 4.93. The second-order valence-electron chi connectivity index (χ2n) is 3.68. The summed E-state index contributed by atoms with van der Waals surface area (Å²) in [4.78, 5) is 4.29. The van der Waals surface area contributed by atoms with Crippen LogP contribution in [0.15, 0.2) is 30.5 Å². The Kier molecular flexibility index (Phi) is 4.19. The molecule has 98 valence electrons. The number of rotatable bonds is 3. The summed E-state index contributed by atoms with van der Waals surface area (Å²) >= 11 is 16.2. The van der Waals surface area contributed by atoms with Gasteiger partial charge in [-0.25, -0.2) is 4.39 Å². The van der Waals surface area contributed by atoms with Gasteiger partial charge in [-0.15, -0.1) is 0 Å². The topological polar surface area (TPSA) is 50.9 Å². The fraction of sp³-hybridized carbons (Fsp3) is 0. The number of hydrogen-bond acceptors (Lipinski definition) is 3. The molecule has 2 rings (SSSR count). The second kappa shape index (κ2) is 5.69. The van der Waals surface area contributed by atoms with E-state index < -0.39 is 5.82 Å². The highest BCUT2D eigenvalue weighted by Gasteiger charge is 2.08. The van der Waals surface area contributed by atoms with E-state index in [-0.39, 0.29) is 15.0 Å². The van der Waals surface area contributed by atoms with Gasteiger partial charge in [0.15, 0.2) is 5.82 Å². The van der Waals surface area contributed by atoms with E-state index in [0.717, 1.165) is 0 Å². The molecule has 7 heteroatoms. The van der Waals surface area contributed by atoms with E-state index in [4.69, 9.17) is 41.2 Å². The fourth-order valence-corrected chi connectivity index (χ4v) is 2.02. The standard InChI is InChI=1S/C12H8Cl2FN3S/c13-8-3-7(4-9(14)11(8)15)18-6-1-2-10(12(16)19)17-5-6/h1-5,18H,(H2,16,19). The lowest BCUT2D eigenvalue weighted by molar-refractivity contribution is 0.629. The van der Waals surface area contributed by atoms with Gasteiger partial charge < -0.3 is 11.1 Å². The van der Waals surface area contributed by atoms with E-state index >= 15 is 0 Å². The molecule has 3 nitrogen and oxygen atoms in total. The first-order chi connectivity index (χ1) is 8.97. The Bertz CT molecular complexity index is 608. The van der Waals surface area contributed by atoms with E-state index in [1.54, 1.807) is 18.3 Å². The molecule has 3 N–H and O–H groups in total. The molecule has 0 aliphatic rings. The molecule has 1 aromatic carbocycles. The Balaban J connectivity index is 2.24. The van der Waals surface area contributed by atoms with Gasteiger partial charge in [0.05, 0.1) is 27.6 Å². The van der Waals surface area contributed by atoms with Crippen LogP contribution in [0.25, 0.3) is 0 Å². The number of halogens is 3. The number of benzene rings is 1. The number of thiocarbonyl (C=S) groups is 1. The van der Waals surface area contributed by atoms with Crippen LogP contribution in [0, 0.1) is 5.82 Å². The predicted molar refractivity (Wildman–Crippen MR) is 79.8 cm³/mol. The number of nitrogens with zero attached hydrogens (tertiary/aromatic N) is 1. The molecule has 0 aliphatic carbocycles. The summed E-state index contributed by atoms with van der Waals surface area (Å²) in [5.74, 6) is -0.643. The summed E-state index contributed by atoms with van der Waals surface area (Å²) < 4.78 is 13.3. The molecule has 19 heavy (non-hydrogen) atoms. The van der Waals surface area contributed by atoms with Crippen LogP contribution in [-0.2, 0) is 0 Å². The highest BCUT2D eigenvalue weighted by atomic mass is 35.5. The third-order valence-electron chi connectivity index (χ3n) is 2.29. The Morgan fingerprint density at radius 3 is 2.32 bits per heavy atom. The minimum absolute atomic E-state index is 0.0530. The molecular weight excluding hydrogens is 308 g/mol. The Morgan fingerprint density at radius 2 is 1.84 bits per heavy atom. The summed E-state index contributed by atoms with van der Waals surface area (Å²) in [6, 6.07) is 6.29. The average molecular weight is 316 g/mol. The van der Waals surface area contributed by atoms with E-state index in [0.29, 0.717) is 17.1 Å². The first kappa shape index (κ1) is 14.0. The molecule has 0 saturated carbocycles. The molecule has 1 aromatic heterocycles. The van der Waals surface area contributed by atoms with Crippen molar-refractivity contribution in [3.8, 4) is 0 Å². The minimum Gasteiger partial charge on any atom is -0.388 e. The Morgan fingerprint density at radius 1 is 1.21 bits per heavy atom. The van der Waals surface area contributed by atoms with Crippen LogP contribution in [0.4, 0.5) is 15.8 Å². The van der Waals surface area contributed by atoms with E-state index in [9.17, 15) is 4.39 Å². The maximum Gasteiger partial charge on any atom is 0.160 e. The smallest absolute Gasteiger partial charge is 0.160 e. The van der Waals surface area contributed by atoms with Crippen LogP contribution in [0.2, 0.25) is 10.0 Å². The lowest BCUT2D eigenvalue weighted by Crippen LogP contribution is -2.11. The third-order valence-corrected chi connectivity index (χ3v) is 3.05. The minimum atomic E-state index is -0.643. The van der Waals surface area contributed by atoms with Crippen molar-refractivity contribution < 1.29 is 4.39 Å².